The minimum Gasteiger partial charge on any atom is -0.331 e. The lowest BCUT2D eigenvalue weighted by Crippen LogP contribution is -2.51. The number of amides is 1. The highest BCUT2D eigenvalue weighted by Gasteiger charge is 2.31. The van der Waals surface area contributed by atoms with Crippen LogP contribution in [0.1, 0.15) is 56.0 Å². The first-order valence-corrected chi connectivity index (χ1v) is 7.11. The van der Waals surface area contributed by atoms with Crippen molar-refractivity contribution in [2.45, 2.75) is 58.0 Å². The van der Waals surface area contributed by atoms with Crippen LogP contribution in [0.25, 0.3) is 0 Å². The summed E-state index contributed by atoms with van der Waals surface area (Å²) in [4.78, 5) is 18.6. The van der Waals surface area contributed by atoms with Gasteiger partial charge in [-0.2, -0.15) is 0 Å². The van der Waals surface area contributed by atoms with Gasteiger partial charge in [0, 0.05) is 25.0 Å². The van der Waals surface area contributed by atoms with Crippen LogP contribution >= 0.6 is 0 Å². The fourth-order valence-electron chi connectivity index (χ4n) is 2.62. The molecule has 1 aliphatic heterocycles. The average Bonchev–Trinajstić information content (AvgIpc) is 2.87. The molecule has 1 aromatic rings. The number of aromatic nitrogens is 3. The Morgan fingerprint density at radius 2 is 2.37 bits per heavy atom. The summed E-state index contributed by atoms with van der Waals surface area (Å²) in [7, 11) is 0. The van der Waals surface area contributed by atoms with Gasteiger partial charge >= 0.3 is 0 Å². The third-order valence-corrected chi connectivity index (χ3v) is 3.63. The number of nitrogens with two attached hydrogens (primary N) is 1. The number of hydrogen-bond donors (Lipinski definition) is 2. The molecule has 2 atom stereocenters. The van der Waals surface area contributed by atoms with Gasteiger partial charge in [-0.25, -0.2) is 4.98 Å². The second-order valence-corrected chi connectivity index (χ2v) is 5.28. The number of nitrogens with zero attached hydrogens (tertiary/aromatic N) is 3. The van der Waals surface area contributed by atoms with Crippen LogP contribution in [0.15, 0.2) is 0 Å². The Kier molecular flexibility index (Phi) is 4.52. The zero-order valence-corrected chi connectivity index (χ0v) is 11.7. The van der Waals surface area contributed by atoms with E-state index in [0.717, 1.165) is 44.5 Å². The van der Waals surface area contributed by atoms with E-state index >= 15 is 0 Å². The second kappa shape index (κ2) is 6.14. The molecule has 0 aliphatic carbocycles. The number of likely N-dealkylation sites (tertiary alicyclic amines) is 1. The molecule has 0 spiro atoms. The Balaban J connectivity index is 2.11. The molecule has 106 valence electrons. The van der Waals surface area contributed by atoms with Gasteiger partial charge in [0.05, 0.1) is 0 Å². The number of aryl methyl sites for hydroxylation is 1. The van der Waals surface area contributed by atoms with E-state index in [-0.39, 0.29) is 23.8 Å². The largest absolute Gasteiger partial charge is 0.331 e. The lowest BCUT2D eigenvalue weighted by Gasteiger charge is -2.37. The Morgan fingerprint density at radius 3 is 3.05 bits per heavy atom. The zero-order valence-electron chi connectivity index (χ0n) is 11.7. The average molecular weight is 265 g/mol. The van der Waals surface area contributed by atoms with E-state index in [9.17, 15) is 4.79 Å². The summed E-state index contributed by atoms with van der Waals surface area (Å²) in [6.07, 6.45) is 4.92. The summed E-state index contributed by atoms with van der Waals surface area (Å²) in [6.45, 7) is 4.78. The van der Waals surface area contributed by atoms with Crippen molar-refractivity contribution in [3.05, 3.63) is 11.6 Å². The van der Waals surface area contributed by atoms with Crippen LogP contribution < -0.4 is 5.73 Å². The molecule has 1 saturated heterocycles. The van der Waals surface area contributed by atoms with Crippen LogP contribution in [-0.4, -0.2) is 44.6 Å². The highest BCUT2D eigenvalue weighted by molar-refractivity contribution is 5.90. The molecule has 6 heteroatoms. The molecule has 0 radical (unpaired) electrons. The molecular formula is C13H23N5O. The molecule has 0 aromatic carbocycles. The van der Waals surface area contributed by atoms with E-state index in [1.165, 1.54) is 0 Å². The fraction of sp³-hybridized carbons (Fsp3) is 0.769. The normalized spacial score (nSPS) is 21.4. The first kappa shape index (κ1) is 14.0. The summed E-state index contributed by atoms with van der Waals surface area (Å²) in [6, 6.07) is 0.0904. The Labute approximate surface area is 113 Å². The Morgan fingerprint density at radius 1 is 1.58 bits per heavy atom. The van der Waals surface area contributed by atoms with Crippen molar-refractivity contribution in [2.24, 2.45) is 5.73 Å². The van der Waals surface area contributed by atoms with Gasteiger partial charge in [-0.3, -0.25) is 9.89 Å². The van der Waals surface area contributed by atoms with Gasteiger partial charge in [0.15, 0.2) is 0 Å². The molecule has 1 aliphatic rings. The monoisotopic (exact) mass is 265 g/mol. The molecule has 19 heavy (non-hydrogen) atoms. The first-order chi connectivity index (χ1) is 9.13. The maximum Gasteiger partial charge on any atom is 0.293 e. The molecule has 2 heterocycles. The van der Waals surface area contributed by atoms with E-state index < -0.39 is 0 Å². The van der Waals surface area contributed by atoms with Crippen LogP contribution in [0.4, 0.5) is 0 Å². The summed E-state index contributed by atoms with van der Waals surface area (Å²) in [5, 5.41) is 6.87. The number of hydrogen-bond acceptors (Lipinski definition) is 4. The van der Waals surface area contributed by atoms with Crippen LogP contribution in [0, 0.1) is 0 Å². The van der Waals surface area contributed by atoms with Gasteiger partial charge in [0.25, 0.3) is 5.91 Å². The SMILES string of the molecule is CCCc1nc(C(=O)N2CCCCC2C(C)N)n[nH]1. The molecule has 0 bridgehead atoms. The van der Waals surface area contributed by atoms with E-state index in [4.69, 9.17) is 5.73 Å². The maximum atomic E-state index is 12.5. The number of piperidine rings is 1. The summed E-state index contributed by atoms with van der Waals surface area (Å²) in [5.41, 5.74) is 5.98. The molecule has 2 rings (SSSR count). The van der Waals surface area contributed by atoms with Crippen molar-refractivity contribution in [3.63, 3.8) is 0 Å². The highest BCUT2D eigenvalue weighted by Crippen LogP contribution is 2.20. The van der Waals surface area contributed by atoms with E-state index in [0.29, 0.717) is 0 Å². The number of rotatable bonds is 4. The van der Waals surface area contributed by atoms with Gasteiger partial charge in [0.2, 0.25) is 5.82 Å². The topological polar surface area (TPSA) is 87.9 Å². The first-order valence-electron chi connectivity index (χ1n) is 7.11. The van der Waals surface area contributed by atoms with Crippen LogP contribution in [0.2, 0.25) is 0 Å². The molecule has 2 unspecified atom stereocenters. The second-order valence-electron chi connectivity index (χ2n) is 5.28. The number of carbonyl (C=O) groups is 1. The van der Waals surface area contributed by atoms with Gasteiger partial charge in [0.1, 0.15) is 5.82 Å². The van der Waals surface area contributed by atoms with Crippen LogP contribution in [-0.2, 0) is 6.42 Å². The smallest absolute Gasteiger partial charge is 0.293 e. The molecule has 1 fully saturated rings. The molecule has 6 nitrogen and oxygen atoms in total. The lowest BCUT2D eigenvalue weighted by molar-refractivity contribution is 0.0571. The summed E-state index contributed by atoms with van der Waals surface area (Å²) >= 11 is 0. The van der Waals surface area contributed by atoms with Crippen molar-refractivity contribution < 1.29 is 4.79 Å². The zero-order chi connectivity index (χ0) is 13.8. The van der Waals surface area contributed by atoms with Crippen LogP contribution in [0.3, 0.4) is 0 Å². The van der Waals surface area contributed by atoms with Gasteiger partial charge in [-0.15, -0.1) is 5.10 Å². The Hall–Kier alpha value is -1.43. The van der Waals surface area contributed by atoms with Crippen molar-refractivity contribution in [1.82, 2.24) is 20.1 Å². The number of H-pyrrole nitrogens is 1. The van der Waals surface area contributed by atoms with Gasteiger partial charge in [-0.05, 0) is 32.6 Å². The fourth-order valence-corrected chi connectivity index (χ4v) is 2.62. The molecule has 1 amide bonds. The van der Waals surface area contributed by atoms with Crippen molar-refractivity contribution >= 4 is 5.91 Å². The standard InChI is InChI=1S/C13H23N5O/c1-3-6-11-15-12(17-16-11)13(19)18-8-5-4-7-10(18)9(2)14/h9-10H,3-8,14H2,1-2H3,(H,15,16,17). The Bertz CT molecular complexity index is 428. The van der Waals surface area contributed by atoms with Gasteiger partial charge in [-0.1, -0.05) is 6.92 Å². The molecular weight excluding hydrogens is 242 g/mol. The number of nitrogens with one attached hydrogen (secondary N) is 1. The lowest BCUT2D eigenvalue weighted by atomic mass is 9.97. The van der Waals surface area contributed by atoms with Crippen molar-refractivity contribution in [1.29, 1.82) is 0 Å². The minimum atomic E-state index is -0.0967. The van der Waals surface area contributed by atoms with E-state index in [1.807, 2.05) is 11.8 Å². The van der Waals surface area contributed by atoms with Crippen molar-refractivity contribution in [2.75, 3.05) is 6.54 Å². The molecule has 0 saturated carbocycles. The minimum absolute atomic E-state index is 0.0155. The highest BCUT2D eigenvalue weighted by atomic mass is 16.2. The predicted molar refractivity (Wildman–Crippen MR) is 72.7 cm³/mol. The summed E-state index contributed by atoms with van der Waals surface area (Å²) in [5.74, 6) is 0.955. The van der Waals surface area contributed by atoms with E-state index in [1.54, 1.807) is 0 Å². The number of aromatic amines is 1. The van der Waals surface area contributed by atoms with Crippen molar-refractivity contribution in [3.8, 4) is 0 Å². The predicted octanol–water partition coefficient (Wildman–Crippen LogP) is 1.10. The third kappa shape index (κ3) is 3.12. The quantitative estimate of drug-likeness (QED) is 0.853. The van der Waals surface area contributed by atoms with Gasteiger partial charge < -0.3 is 10.6 Å². The third-order valence-electron chi connectivity index (χ3n) is 3.63. The van der Waals surface area contributed by atoms with Crippen LogP contribution in [0.5, 0.6) is 0 Å². The number of carbonyl (C=O) groups excluding carboxylic acids is 1. The summed E-state index contributed by atoms with van der Waals surface area (Å²) < 4.78 is 0. The molecule has 1 aromatic heterocycles. The van der Waals surface area contributed by atoms with E-state index in [2.05, 4.69) is 22.1 Å². The maximum absolute atomic E-state index is 12.5. The molecule has 3 N–H and O–H groups in total.